The second kappa shape index (κ2) is 7.66. The molecule has 1 amide bonds. The van der Waals surface area contributed by atoms with Crippen molar-refractivity contribution in [2.24, 2.45) is 0 Å². The van der Waals surface area contributed by atoms with Gasteiger partial charge >= 0.3 is 6.09 Å². The van der Waals surface area contributed by atoms with Gasteiger partial charge in [0.15, 0.2) is 0 Å². The van der Waals surface area contributed by atoms with Crippen LogP contribution in [0.2, 0.25) is 0 Å². The lowest BCUT2D eigenvalue weighted by molar-refractivity contribution is 0.0530. The molecule has 118 valence electrons. The maximum Gasteiger partial charge on any atom is 0.407 e. The highest BCUT2D eigenvalue weighted by Crippen LogP contribution is 2.19. The van der Waals surface area contributed by atoms with Gasteiger partial charge in [0.05, 0.1) is 12.2 Å². The molecule has 0 spiro atoms. The Morgan fingerprint density at radius 1 is 1.29 bits per heavy atom. The molecule has 0 atom stereocenters. The van der Waals surface area contributed by atoms with Gasteiger partial charge in [0, 0.05) is 13.1 Å². The fourth-order valence-electron chi connectivity index (χ4n) is 1.55. The van der Waals surface area contributed by atoms with Crippen LogP contribution in [-0.4, -0.2) is 41.4 Å². The summed E-state index contributed by atoms with van der Waals surface area (Å²) < 4.78 is 10.5. The monoisotopic (exact) mass is 296 g/mol. The van der Waals surface area contributed by atoms with Crippen LogP contribution < -0.4 is 15.4 Å². The zero-order valence-corrected chi connectivity index (χ0v) is 13.3. The SMILES string of the molecule is CCOc1ncnc(NCCNC(=O)OC(C)(C)C)c1C. The highest BCUT2D eigenvalue weighted by Gasteiger charge is 2.15. The molecule has 2 N–H and O–H groups in total. The van der Waals surface area contributed by atoms with E-state index in [4.69, 9.17) is 9.47 Å². The van der Waals surface area contributed by atoms with Gasteiger partial charge in [-0.3, -0.25) is 0 Å². The molecule has 0 saturated heterocycles. The molecule has 21 heavy (non-hydrogen) atoms. The molecule has 0 fully saturated rings. The summed E-state index contributed by atoms with van der Waals surface area (Å²) in [6.45, 7) is 10.8. The van der Waals surface area contributed by atoms with Gasteiger partial charge < -0.3 is 20.1 Å². The summed E-state index contributed by atoms with van der Waals surface area (Å²) in [6, 6.07) is 0. The summed E-state index contributed by atoms with van der Waals surface area (Å²) in [4.78, 5) is 19.7. The van der Waals surface area contributed by atoms with Gasteiger partial charge in [0.25, 0.3) is 0 Å². The number of hydrogen-bond donors (Lipinski definition) is 2. The molecule has 1 aromatic heterocycles. The van der Waals surface area contributed by atoms with Crippen LogP contribution in [0.4, 0.5) is 10.6 Å². The van der Waals surface area contributed by atoms with E-state index in [0.717, 1.165) is 5.56 Å². The van der Waals surface area contributed by atoms with Crippen LogP contribution in [0.15, 0.2) is 6.33 Å². The number of hydrogen-bond acceptors (Lipinski definition) is 6. The molecule has 7 heteroatoms. The first kappa shape index (κ1) is 17.0. The van der Waals surface area contributed by atoms with E-state index >= 15 is 0 Å². The van der Waals surface area contributed by atoms with E-state index in [-0.39, 0.29) is 0 Å². The number of amides is 1. The molecule has 0 aliphatic carbocycles. The van der Waals surface area contributed by atoms with E-state index < -0.39 is 11.7 Å². The molecule has 1 rings (SSSR count). The van der Waals surface area contributed by atoms with E-state index in [2.05, 4.69) is 20.6 Å². The number of rotatable bonds is 6. The Morgan fingerprint density at radius 3 is 2.62 bits per heavy atom. The minimum absolute atomic E-state index is 0.432. The largest absolute Gasteiger partial charge is 0.478 e. The van der Waals surface area contributed by atoms with Crippen molar-refractivity contribution in [2.75, 3.05) is 25.0 Å². The van der Waals surface area contributed by atoms with E-state index in [9.17, 15) is 4.79 Å². The van der Waals surface area contributed by atoms with E-state index in [1.807, 2.05) is 34.6 Å². The fourth-order valence-corrected chi connectivity index (χ4v) is 1.55. The maximum atomic E-state index is 11.5. The first-order valence-corrected chi connectivity index (χ1v) is 6.98. The van der Waals surface area contributed by atoms with E-state index in [1.165, 1.54) is 6.33 Å². The number of nitrogens with one attached hydrogen (secondary N) is 2. The van der Waals surface area contributed by atoms with E-state index in [1.54, 1.807) is 0 Å². The Labute approximate surface area is 125 Å². The Kier molecular flexibility index (Phi) is 6.20. The first-order valence-electron chi connectivity index (χ1n) is 6.98. The lowest BCUT2D eigenvalue weighted by Gasteiger charge is -2.19. The smallest absolute Gasteiger partial charge is 0.407 e. The van der Waals surface area contributed by atoms with Crippen molar-refractivity contribution in [3.8, 4) is 5.88 Å². The quantitative estimate of drug-likeness (QED) is 0.782. The fraction of sp³-hybridized carbons (Fsp3) is 0.643. The van der Waals surface area contributed by atoms with Crippen LogP contribution in [0.3, 0.4) is 0 Å². The minimum atomic E-state index is -0.493. The summed E-state index contributed by atoms with van der Waals surface area (Å²) in [6.07, 6.45) is 1.01. The molecular formula is C14H24N4O3. The Morgan fingerprint density at radius 2 is 2.00 bits per heavy atom. The topological polar surface area (TPSA) is 85.4 Å². The summed E-state index contributed by atoms with van der Waals surface area (Å²) in [5.41, 5.74) is 0.351. The minimum Gasteiger partial charge on any atom is -0.478 e. The van der Waals surface area contributed by atoms with Crippen LogP contribution in [0.25, 0.3) is 0 Å². The second-order valence-corrected chi connectivity index (χ2v) is 5.44. The highest BCUT2D eigenvalue weighted by molar-refractivity contribution is 5.67. The normalized spacial score (nSPS) is 10.9. The average molecular weight is 296 g/mol. The lowest BCUT2D eigenvalue weighted by Crippen LogP contribution is -2.35. The third-order valence-corrected chi connectivity index (χ3v) is 2.40. The molecule has 0 aromatic carbocycles. The summed E-state index contributed by atoms with van der Waals surface area (Å²) in [7, 11) is 0. The Balaban J connectivity index is 2.39. The van der Waals surface area contributed by atoms with Gasteiger partial charge in [-0.15, -0.1) is 0 Å². The first-order chi connectivity index (χ1) is 9.83. The predicted octanol–water partition coefficient (Wildman–Crippen LogP) is 2.12. The van der Waals surface area contributed by atoms with Crippen LogP contribution in [0.5, 0.6) is 5.88 Å². The van der Waals surface area contributed by atoms with Crippen LogP contribution in [0.1, 0.15) is 33.3 Å². The molecule has 0 radical (unpaired) electrons. The van der Waals surface area contributed by atoms with Crippen molar-refractivity contribution < 1.29 is 14.3 Å². The zero-order valence-electron chi connectivity index (χ0n) is 13.3. The maximum absolute atomic E-state index is 11.5. The van der Waals surface area contributed by atoms with E-state index in [0.29, 0.717) is 31.4 Å². The van der Waals surface area contributed by atoms with Crippen molar-refractivity contribution in [3.63, 3.8) is 0 Å². The number of nitrogens with zero attached hydrogens (tertiary/aromatic N) is 2. The third-order valence-electron chi connectivity index (χ3n) is 2.40. The Bertz CT molecular complexity index is 472. The van der Waals surface area contributed by atoms with Gasteiger partial charge in [-0.25, -0.2) is 14.8 Å². The van der Waals surface area contributed by atoms with Gasteiger partial charge in [-0.1, -0.05) is 0 Å². The zero-order chi connectivity index (χ0) is 15.9. The molecule has 1 heterocycles. The van der Waals surface area contributed by atoms with Crippen molar-refractivity contribution in [1.82, 2.24) is 15.3 Å². The standard InChI is InChI=1S/C14H24N4O3/c1-6-20-12-10(2)11(17-9-18-12)15-7-8-16-13(19)21-14(3,4)5/h9H,6-8H2,1-5H3,(H,16,19)(H,15,17,18). The number of alkyl carbamates (subject to hydrolysis) is 1. The molecule has 1 aromatic rings. The summed E-state index contributed by atoms with van der Waals surface area (Å²) in [5, 5.41) is 5.80. The van der Waals surface area contributed by atoms with Gasteiger partial charge in [-0.2, -0.15) is 0 Å². The van der Waals surface area contributed by atoms with Crippen molar-refractivity contribution in [2.45, 2.75) is 40.2 Å². The molecule has 0 aliphatic heterocycles. The molecule has 0 aliphatic rings. The lowest BCUT2D eigenvalue weighted by atomic mass is 10.2. The molecule has 0 saturated carbocycles. The van der Waals surface area contributed by atoms with Crippen LogP contribution >= 0.6 is 0 Å². The summed E-state index contributed by atoms with van der Waals surface area (Å²) in [5.74, 6) is 1.26. The number of carbonyl (C=O) groups excluding carboxylic acids is 1. The predicted molar refractivity (Wildman–Crippen MR) is 80.7 cm³/mol. The highest BCUT2D eigenvalue weighted by atomic mass is 16.6. The molecular weight excluding hydrogens is 272 g/mol. The van der Waals surface area contributed by atoms with Gasteiger partial charge in [0.2, 0.25) is 5.88 Å². The molecule has 0 unspecified atom stereocenters. The van der Waals surface area contributed by atoms with Gasteiger partial charge in [-0.05, 0) is 34.6 Å². The number of aromatic nitrogens is 2. The second-order valence-electron chi connectivity index (χ2n) is 5.44. The summed E-state index contributed by atoms with van der Waals surface area (Å²) >= 11 is 0. The number of ether oxygens (including phenoxy) is 2. The van der Waals surface area contributed by atoms with Crippen molar-refractivity contribution in [3.05, 3.63) is 11.9 Å². The molecule has 7 nitrogen and oxygen atoms in total. The van der Waals surface area contributed by atoms with Crippen molar-refractivity contribution >= 4 is 11.9 Å². The number of anilines is 1. The van der Waals surface area contributed by atoms with Gasteiger partial charge in [0.1, 0.15) is 17.7 Å². The van der Waals surface area contributed by atoms with Crippen LogP contribution in [-0.2, 0) is 4.74 Å². The molecule has 0 bridgehead atoms. The van der Waals surface area contributed by atoms with Crippen molar-refractivity contribution in [1.29, 1.82) is 0 Å². The third kappa shape index (κ3) is 6.29. The number of carbonyl (C=O) groups is 1. The average Bonchev–Trinajstić information content (AvgIpc) is 2.37. The Hall–Kier alpha value is -2.05. The van der Waals surface area contributed by atoms with Crippen LogP contribution in [0, 0.1) is 6.92 Å².